The van der Waals surface area contributed by atoms with Gasteiger partial charge in [0.15, 0.2) is 11.5 Å². The molecule has 4 rings (SSSR count). The fourth-order valence-electron chi connectivity index (χ4n) is 4.16. The summed E-state index contributed by atoms with van der Waals surface area (Å²) >= 11 is 1.52. The molecule has 0 bridgehead atoms. The minimum absolute atomic E-state index is 0.0858. The fraction of sp³-hybridized carbons (Fsp3) is 0.333. The van der Waals surface area contributed by atoms with Crippen LogP contribution in [0.3, 0.4) is 0 Å². The van der Waals surface area contributed by atoms with Crippen LogP contribution >= 0.6 is 11.3 Å². The Morgan fingerprint density at radius 1 is 1.05 bits per heavy atom. The molecular formula is C27H31N5O4S. The van der Waals surface area contributed by atoms with Gasteiger partial charge in [0.1, 0.15) is 18.1 Å². The van der Waals surface area contributed by atoms with E-state index in [1.807, 2.05) is 62.5 Å². The van der Waals surface area contributed by atoms with Crippen LogP contribution in [-0.2, 0) is 22.7 Å². The van der Waals surface area contributed by atoms with E-state index in [2.05, 4.69) is 15.6 Å². The van der Waals surface area contributed by atoms with Gasteiger partial charge < -0.3 is 19.7 Å². The van der Waals surface area contributed by atoms with Crippen molar-refractivity contribution < 1.29 is 19.1 Å². The van der Waals surface area contributed by atoms with Crippen LogP contribution in [0.25, 0.3) is 11.0 Å². The van der Waals surface area contributed by atoms with Crippen LogP contribution in [-0.4, -0.2) is 51.5 Å². The fourth-order valence-corrected chi connectivity index (χ4v) is 4.87. The molecule has 2 heterocycles. The van der Waals surface area contributed by atoms with Gasteiger partial charge in [0, 0.05) is 16.0 Å². The Hall–Kier alpha value is -3.92. The van der Waals surface area contributed by atoms with Crippen LogP contribution in [0.2, 0.25) is 0 Å². The molecule has 0 fully saturated rings. The molecule has 0 spiro atoms. The third-order valence-electron chi connectivity index (χ3n) is 5.72. The molecule has 2 amide bonds. The molecule has 194 valence electrons. The summed E-state index contributed by atoms with van der Waals surface area (Å²) in [4.78, 5) is 30.4. The number of carbonyl (C=O) groups is 2. The lowest BCUT2D eigenvalue weighted by Crippen LogP contribution is -2.49. The van der Waals surface area contributed by atoms with Crippen molar-refractivity contribution in [3.05, 3.63) is 70.4 Å². The number of carbonyl (C=O) groups excluding carboxylic acids is 2. The molecule has 0 saturated heterocycles. The normalized spacial score (nSPS) is 12.2. The maximum absolute atomic E-state index is 14.0. The Morgan fingerprint density at radius 2 is 1.84 bits per heavy atom. The molecule has 1 atom stereocenters. The van der Waals surface area contributed by atoms with E-state index in [1.165, 1.54) is 25.6 Å². The van der Waals surface area contributed by atoms with E-state index in [0.717, 1.165) is 10.4 Å². The van der Waals surface area contributed by atoms with Gasteiger partial charge in [-0.2, -0.15) is 0 Å². The van der Waals surface area contributed by atoms with Crippen LogP contribution in [0.1, 0.15) is 37.3 Å². The largest absolute Gasteiger partial charge is 0.493 e. The number of fused-ring (bicyclic) bond motifs is 1. The summed E-state index contributed by atoms with van der Waals surface area (Å²) in [7, 11) is 3.06. The van der Waals surface area contributed by atoms with Crippen molar-refractivity contribution in [1.29, 1.82) is 0 Å². The molecule has 4 aromatic rings. The van der Waals surface area contributed by atoms with E-state index in [4.69, 9.17) is 9.47 Å². The van der Waals surface area contributed by atoms with Crippen LogP contribution in [0.4, 0.5) is 0 Å². The molecule has 2 aromatic carbocycles. The highest BCUT2D eigenvalue weighted by Crippen LogP contribution is 2.38. The first-order chi connectivity index (χ1) is 17.7. The van der Waals surface area contributed by atoms with E-state index in [-0.39, 0.29) is 24.9 Å². The van der Waals surface area contributed by atoms with Gasteiger partial charge in [-0.1, -0.05) is 35.5 Å². The molecule has 10 heteroatoms. The maximum atomic E-state index is 14.0. The second-order valence-electron chi connectivity index (χ2n) is 9.56. The van der Waals surface area contributed by atoms with E-state index in [9.17, 15) is 9.59 Å². The number of benzene rings is 2. The zero-order chi connectivity index (χ0) is 26.6. The van der Waals surface area contributed by atoms with E-state index in [0.29, 0.717) is 22.6 Å². The summed E-state index contributed by atoms with van der Waals surface area (Å²) in [5.41, 5.74) is 1.43. The quantitative estimate of drug-likeness (QED) is 0.355. The van der Waals surface area contributed by atoms with Gasteiger partial charge in [-0.3, -0.25) is 9.59 Å². The summed E-state index contributed by atoms with van der Waals surface area (Å²) in [6.45, 7) is 5.84. The van der Waals surface area contributed by atoms with Crippen molar-refractivity contribution in [2.75, 3.05) is 14.2 Å². The van der Waals surface area contributed by atoms with Crippen LogP contribution < -0.4 is 14.8 Å². The zero-order valence-corrected chi connectivity index (χ0v) is 22.4. The first-order valence-corrected chi connectivity index (χ1v) is 12.7. The summed E-state index contributed by atoms with van der Waals surface area (Å²) in [5, 5.41) is 13.4. The van der Waals surface area contributed by atoms with E-state index >= 15 is 0 Å². The lowest BCUT2D eigenvalue weighted by atomic mass is 9.99. The minimum Gasteiger partial charge on any atom is -0.493 e. The number of amides is 2. The standard InChI is InChI=1S/C27H31N5O4S/c1-27(2,3)28-26(34)24(19-11-8-14-22(35-4)25(19)36-5)31(16-18-10-9-15-37-18)23(33)17-32-21-13-7-6-12-20(21)29-30-32/h6-15,24H,16-17H2,1-5H3,(H,28,34). The molecule has 1 unspecified atom stereocenters. The van der Waals surface area contributed by atoms with Crippen LogP contribution in [0.15, 0.2) is 60.0 Å². The number of methoxy groups -OCH3 is 2. The maximum Gasteiger partial charge on any atom is 0.248 e. The highest BCUT2D eigenvalue weighted by molar-refractivity contribution is 7.09. The monoisotopic (exact) mass is 521 g/mol. The number of ether oxygens (including phenoxy) is 2. The van der Waals surface area contributed by atoms with Crippen molar-refractivity contribution in [3.8, 4) is 11.5 Å². The smallest absolute Gasteiger partial charge is 0.248 e. The predicted octanol–water partition coefficient (Wildman–Crippen LogP) is 4.19. The van der Waals surface area contributed by atoms with Gasteiger partial charge in [0.05, 0.1) is 26.3 Å². The molecule has 0 saturated carbocycles. The molecule has 0 aliphatic rings. The molecule has 37 heavy (non-hydrogen) atoms. The van der Waals surface area contributed by atoms with Gasteiger partial charge in [0.2, 0.25) is 11.8 Å². The third-order valence-corrected chi connectivity index (χ3v) is 6.58. The summed E-state index contributed by atoms with van der Waals surface area (Å²) in [6, 6.07) is 15.6. The highest BCUT2D eigenvalue weighted by Gasteiger charge is 2.36. The third kappa shape index (κ3) is 5.91. The first kappa shape index (κ1) is 26.2. The molecular weight excluding hydrogens is 490 g/mol. The highest BCUT2D eigenvalue weighted by atomic mass is 32.1. The Labute approximate surface area is 220 Å². The number of para-hydroxylation sites is 2. The Balaban J connectivity index is 1.82. The Kier molecular flexibility index (Phi) is 7.77. The van der Waals surface area contributed by atoms with Crippen LogP contribution in [0, 0.1) is 0 Å². The summed E-state index contributed by atoms with van der Waals surface area (Å²) in [5.74, 6) is 0.254. The minimum atomic E-state index is -0.992. The van der Waals surface area contributed by atoms with Crippen molar-refractivity contribution in [1.82, 2.24) is 25.2 Å². The lowest BCUT2D eigenvalue weighted by molar-refractivity contribution is -0.142. The SMILES string of the molecule is COc1cccc(C(C(=O)NC(C)(C)C)N(Cc2cccs2)C(=O)Cn2nnc3ccccc32)c1OC. The average Bonchev–Trinajstić information content (AvgIpc) is 3.52. The molecule has 0 aliphatic heterocycles. The van der Waals surface area contributed by atoms with Crippen molar-refractivity contribution >= 4 is 34.2 Å². The number of nitrogens with one attached hydrogen (secondary N) is 1. The average molecular weight is 522 g/mol. The second-order valence-corrected chi connectivity index (χ2v) is 10.6. The van der Waals surface area contributed by atoms with Gasteiger partial charge in [-0.05, 0) is 50.4 Å². The van der Waals surface area contributed by atoms with Gasteiger partial charge in [-0.25, -0.2) is 4.68 Å². The predicted molar refractivity (Wildman–Crippen MR) is 143 cm³/mol. The molecule has 9 nitrogen and oxygen atoms in total. The van der Waals surface area contributed by atoms with Crippen molar-refractivity contribution in [2.24, 2.45) is 0 Å². The van der Waals surface area contributed by atoms with E-state index in [1.54, 1.807) is 27.8 Å². The zero-order valence-electron chi connectivity index (χ0n) is 21.6. The lowest BCUT2D eigenvalue weighted by Gasteiger charge is -2.34. The number of hydrogen-bond acceptors (Lipinski definition) is 7. The number of rotatable bonds is 9. The number of nitrogens with zero attached hydrogens (tertiary/aromatic N) is 4. The Morgan fingerprint density at radius 3 is 2.51 bits per heavy atom. The molecule has 0 radical (unpaired) electrons. The summed E-state index contributed by atoms with van der Waals surface area (Å²) < 4.78 is 12.8. The molecule has 2 aromatic heterocycles. The van der Waals surface area contributed by atoms with E-state index < -0.39 is 11.6 Å². The molecule has 0 aliphatic carbocycles. The first-order valence-electron chi connectivity index (χ1n) is 11.8. The number of aromatic nitrogens is 3. The topological polar surface area (TPSA) is 98.6 Å². The molecule has 1 N–H and O–H groups in total. The van der Waals surface area contributed by atoms with Gasteiger partial charge in [-0.15, -0.1) is 16.4 Å². The van der Waals surface area contributed by atoms with Gasteiger partial charge >= 0.3 is 0 Å². The summed E-state index contributed by atoms with van der Waals surface area (Å²) in [6.07, 6.45) is 0. The number of thiophene rings is 1. The van der Waals surface area contributed by atoms with Crippen molar-refractivity contribution in [3.63, 3.8) is 0 Å². The van der Waals surface area contributed by atoms with Gasteiger partial charge in [0.25, 0.3) is 0 Å². The Bertz CT molecular complexity index is 1380. The van der Waals surface area contributed by atoms with Crippen LogP contribution in [0.5, 0.6) is 11.5 Å². The second kappa shape index (κ2) is 11.0. The van der Waals surface area contributed by atoms with Crippen molar-refractivity contribution in [2.45, 2.75) is 45.4 Å². The number of hydrogen-bond donors (Lipinski definition) is 1.